The van der Waals surface area contributed by atoms with Gasteiger partial charge in [-0.2, -0.15) is 0 Å². The molecule has 0 radical (unpaired) electrons. The van der Waals surface area contributed by atoms with Crippen LogP contribution in [-0.2, 0) is 9.84 Å². The van der Waals surface area contributed by atoms with E-state index in [1.54, 1.807) is 0 Å². The molecular weight excluding hydrogens is 186 g/mol. The van der Waals surface area contributed by atoms with Crippen molar-refractivity contribution in [1.82, 2.24) is 5.32 Å². The van der Waals surface area contributed by atoms with E-state index in [0.29, 0.717) is 11.7 Å². The number of rotatable bonds is 5. The molecule has 1 unspecified atom stereocenters. The highest BCUT2D eigenvalue weighted by atomic mass is 32.2. The molecule has 1 N–H and O–H groups in total. The Morgan fingerprint density at radius 1 is 1.46 bits per heavy atom. The molecule has 1 aliphatic rings. The second kappa shape index (κ2) is 4.42. The van der Waals surface area contributed by atoms with Crippen LogP contribution >= 0.6 is 0 Å². The lowest BCUT2D eigenvalue weighted by Gasteiger charge is -2.27. The van der Waals surface area contributed by atoms with Gasteiger partial charge >= 0.3 is 0 Å². The van der Waals surface area contributed by atoms with E-state index in [0.717, 1.165) is 25.9 Å². The quantitative estimate of drug-likeness (QED) is 0.722. The van der Waals surface area contributed by atoms with Crippen LogP contribution in [0.5, 0.6) is 0 Å². The van der Waals surface area contributed by atoms with Gasteiger partial charge in [0.05, 0.1) is 11.0 Å². The normalized spacial score (nSPS) is 21.1. The first-order valence-electron chi connectivity index (χ1n) is 4.98. The van der Waals surface area contributed by atoms with Gasteiger partial charge in [0.15, 0.2) is 9.84 Å². The summed E-state index contributed by atoms with van der Waals surface area (Å²) in [6.07, 6.45) is 1.74. The zero-order chi connectivity index (χ0) is 9.90. The van der Waals surface area contributed by atoms with Crippen LogP contribution in [0.2, 0.25) is 0 Å². The molecule has 13 heavy (non-hydrogen) atoms. The Kier molecular flexibility index (Phi) is 3.74. The second-order valence-corrected chi connectivity index (χ2v) is 6.42. The van der Waals surface area contributed by atoms with Crippen molar-refractivity contribution in [2.45, 2.75) is 31.9 Å². The van der Waals surface area contributed by atoms with Crippen molar-refractivity contribution >= 4 is 9.84 Å². The molecule has 78 valence electrons. The molecule has 1 atom stereocenters. The molecule has 0 bridgehead atoms. The maximum atomic E-state index is 11.7. The Balaban J connectivity index is 2.43. The summed E-state index contributed by atoms with van der Waals surface area (Å²) in [5, 5.41) is 2.94. The third-order valence-electron chi connectivity index (χ3n) is 2.64. The highest BCUT2D eigenvalue weighted by molar-refractivity contribution is 7.92. The van der Waals surface area contributed by atoms with Crippen molar-refractivity contribution in [2.24, 2.45) is 5.92 Å². The minimum Gasteiger partial charge on any atom is -0.316 e. The highest BCUT2D eigenvalue weighted by Gasteiger charge is 2.27. The molecule has 1 saturated heterocycles. The summed E-state index contributed by atoms with van der Waals surface area (Å²) in [7, 11) is -2.82. The van der Waals surface area contributed by atoms with Crippen molar-refractivity contribution in [3.8, 4) is 0 Å². The minimum atomic E-state index is -2.82. The van der Waals surface area contributed by atoms with Gasteiger partial charge in [-0.25, -0.2) is 8.42 Å². The Bertz CT molecular complexity index is 244. The van der Waals surface area contributed by atoms with E-state index >= 15 is 0 Å². The van der Waals surface area contributed by atoms with Crippen molar-refractivity contribution < 1.29 is 8.42 Å². The van der Waals surface area contributed by atoms with E-state index in [2.05, 4.69) is 5.32 Å². The van der Waals surface area contributed by atoms with Gasteiger partial charge in [0, 0.05) is 13.1 Å². The maximum Gasteiger partial charge on any atom is 0.153 e. The summed E-state index contributed by atoms with van der Waals surface area (Å²) in [6.45, 7) is 5.60. The summed E-state index contributed by atoms with van der Waals surface area (Å²) >= 11 is 0. The molecular formula is C9H19NO2S. The van der Waals surface area contributed by atoms with Crippen molar-refractivity contribution in [2.75, 3.05) is 18.8 Å². The SMILES string of the molecule is CCCC(C)S(=O)(=O)CC1CNC1. The topological polar surface area (TPSA) is 46.2 Å². The number of hydrogen-bond donors (Lipinski definition) is 1. The molecule has 0 amide bonds. The Morgan fingerprint density at radius 3 is 2.46 bits per heavy atom. The molecule has 0 spiro atoms. The summed E-state index contributed by atoms with van der Waals surface area (Å²) in [6, 6.07) is 0. The molecule has 0 aromatic heterocycles. The molecule has 1 aliphatic heterocycles. The number of nitrogens with one attached hydrogen (secondary N) is 1. The lowest BCUT2D eigenvalue weighted by molar-refractivity contribution is 0.377. The summed E-state index contributed by atoms with van der Waals surface area (Å²) < 4.78 is 23.4. The molecule has 3 nitrogen and oxygen atoms in total. The van der Waals surface area contributed by atoms with Crippen LogP contribution in [0.3, 0.4) is 0 Å². The lowest BCUT2D eigenvalue weighted by atomic mass is 10.1. The Labute approximate surface area is 80.8 Å². The fraction of sp³-hybridized carbons (Fsp3) is 1.00. The summed E-state index contributed by atoms with van der Waals surface area (Å²) in [4.78, 5) is 0. The summed E-state index contributed by atoms with van der Waals surface area (Å²) in [5.41, 5.74) is 0. The average molecular weight is 205 g/mol. The van der Waals surface area contributed by atoms with Gasteiger partial charge < -0.3 is 5.32 Å². The molecule has 0 aliphatic carbocycles. The standard InChI is InChI=1S/C9H19NO2S/c1-3-4-8(2)13(11,12)7-9-5-10-6-9/h8-10H,3-7H2,1-2H3. The van der Waals surface area contributed by atoms with E-state index in [1.807, 2.05) is 13.8 Å². The maximum absolute atomic E-state index is 11.7. The second-order valence-electron chi connectivity index (χ2n) is 3.95. The third-order valence-corrected chi connectivity index (χ3v) is 5.04. The fourth-order valence-corrected chi connectivity index (χ4v) is 3.36. The predicted molar refractivity (Wildman–Crippen MR) is 54.5 cm³/mol. The van der Waals surface area contributed by atoms with Crippen LogP contribution in [0.4, 0.5) is 0 Å². The van der Waals surface area contributed by atoms with Gasteiger partial charge in [-0.3, -0.25) is 0 Å². The van der Waals surface area contributed by atoms with Gasteiger partial charge in [-0.05, 0) is 19.3 Å². The van der Waals surface area contributed by atoms with E-state index in [1.165, 1.54) is 0 Å². The molecule has 0 aromatic rings. The minimum absolute atomic E-state index is 0.155. The van der Waals surface area contributed by atoms with Gasteiger partial charge in [0.2, 0.25) is 0 Å². The average Bonchev–Trinajstić information content (AvgIpc) is 1.98. The van der Waals surface area contributed by atoms with Crippen LogP contribution in [0.1, 0.15) is 26.7 Å². The van der Waals surface area contributed by atoms with E-state index in [4.69, 9.17) is 0 Å². The van der Waals surface area contributed by atoms with Crippen molar-refractivity contribution in [3.05, 3.63) is 0 Å². The van der Waals surface area contributed by atoms with Gasteiger partial charge in [0.25, 0.3) is 0 Å². The smallest absolute Gasteiger partial charge is 0.153 e. The highest BCUT2D eigenvalue weighted by Crippen LogP contribution is 2.14. The van der Waals surface area contributed by atoms with E-state index in [9.17, 15) is 8.42 Å². The fourth-order valence-electron chi connectivity index (χ4n) is 1.55. The molecule has 1 heterocycles. The first kappa shape index (κ1) is 11.0. The zero-order valence-electron chi connectivity index (χ0n) is 8.41. The summed E-state index contributed by atoms with van der Waals surface area (Å²) in [5.74, 6) is 0.741. The first-order valence-corrected chi connectivity index (χ1v) is 6.70. The molecule has 0 aromatic carbocycles. The number of hydrogen-bond acceptors (Lipinski definition) is 3. The molecule has 0 saturated carbocycles. The molecule has 4 heteroatoms. The van der Waals surface area contributed by atoms with Gasteiger partial charge in [-0.15, -0.1) is 0 Å². The van der Waals surface area contributed by atoms with Crippen molar-refractivity contribution in [1.29, 1.82) is 0 Å². The monoisotopic (exact) mass is 205 g/mol. The van der Waals surface area contributed by atoms with E-state index in [-0.39, 0.29) is 5.25 Å². The van der Waals surface area contributed by atoms with Gasteiger partial charge in [0.1, 0.15) is 0 Å². The number of sulfone groups is 1. The van der Waals surface area contributed by atoms with Crippen LogP contribution in [0, 0.1) is 5.92 Å². The van der Waals surface area contributed by atoms with Crippen LogP contribution in [0.15, 0.2) is 0 Å². The van der Waals surface area contributed by atoms with E-state index < -0.39 is 9.84 Å². The van der Waals surface area contributed by atoms with Crippen LogP contribution in [-0.4, -0.2) is 32.5 Å². The third kappa shape index (κ3) is 2.95. The zero-order valence-corrected chi connectivity index (χ0v) is 9.23. The van der Waals surface area contributed by atoms with Crippen molar-refractivity contribution in [3.63, 3.8) is 0 Å². The van der Waals surface area contributed by atoms with Gasteiger partial charge in [-0.1, -0.05) is 13.3 Å². The first-order chi connectivity index (χ1) is 6.06. The largest absolute Gasteiger partial charge is 0.316 e. The lowest BCUT2D eigenvalue weighted by Crippen LogP contribution is -2.46. The Hall–Kier alpha value is -0.0900. The van der Waals surface area contributed by atoms with Crippen LogP contribution < -0.4 is 5.32 Å². The predicted octanol–water partition coefficient (Wildman–Crippen LogP) is 0.809. The molecule has 1 fully saturated rings. The molecule has 1 rings (SSSR count). The van der Waals surface area contributed by atoms with Crippen LogP contribution in [0.25, 0.3) is 0 Å². The Morgan fingerprint density at radius 2 is 2.08 bits per heavy atom.